The van der Waals surface area contributed by atoms with Gasteiger partial charge < -0.3 is 20.6 Å². The van der Waals surface area contributed by atoms with E-state index in [1.54, 1.807) is 6.08 Å². The van der Waals surface area contributed by atoms with Gasteiger partial charge in [0.05, 0.1) is 18.8 Å². The van der Waals surface area contributed by atoms with E-state index < -0.39 is 24.2 Å². The summed E-state index contributed by atoms with van der Waals surface area (Å²) < 4.78 is 0. The molecule has 42 heavy (non-hydrogen) atoms. The molecule has 0 rings (SSSR count). The lowest BCUT2D eigenvalue weighted by Gasteiger charge is -2.21. The molecular formula is C37H67NO4. The molecule has 0 aliphatic carbocycles. The summed E-state index contributed by atoms with van der Waals surface area (Å²) in [6.07, 6.45) is 39.8. The molecule has 0 aromatic rings. The number of unbranched alkanes of at least 4 members (excludes halogenated alkanes) is 16. The lowest BCUT2D eigenvalue weighted by molar-refractivity contribution is -0.131. The van der Waals surface area contributed by atoms with E-state index in [1.807, 2.05) is 6.08 Å². The van der Waals surface area contributed by atoms with Crippen molar-refractivity contribution in [3.8, 4) is 0 Å². The topological polar surface area (TPSA) is 89.8 Å². The van der Waals surface area contributed by atoms with E-state index in [0.717, 1.165) is 51.4 Å². The molecule has 0 bridgehead atoms. The highest BCUT2D eigenvalue weighted by atomic mass is 16.3. The molecule has 0 aromatic heterocycles. The molecule has 0 aliphatic rings. The highest BCUT2D eigenvalue weighted by molar-refractivity contribution is 5.80. The van der Waals surface area contributed by atoms with Crippen molar-refractivity contribution in [3.05, 3.63) is 48.6 Å². The van der Waals surface area contributed by atoms with Crippen LogP contribution in [0.1, 0.15) is 155 Å². The fourth-order valence-corrected chi connectivity index (χ4v) is 4.80. The molecule has 0 fully saturated rings. The van der Waals surface area contributed by atoms with Gasteiger partial charge in [-0.3, -0.25) is 4.79 Å². The SMILES string of the molecule is CCCCCCCC/C=C\CCCCC(O)C(=O)NC(CO)C(O)/C=C/CC/C=C/CC/C=C/CCCCCCCC. The lowest BCUT2D eigenvalue weighted by atomic mass is 10.1. The summed E-state index contributed by atoms with van der Waals surface area (Å²) in [5.41, 5.74) is 0. The van der Waals surface area contributed by atoms with Crippen LogP contribution in [0.5, 0.6) is 0 Å². The minimum absolute atomic E-state index is 0.377. The van der Waals surface area contributed by atoms with E-state index >= 15 is 0 Å². The molecular weight excluding hydrogens is 522 g/mol. The zero-order chi connectivity index (χ0) is 30.9. The van der Waals surface area contributed by atoms with Gasteiger partial charge in [0.2, 0.25) is 5.91 Å². The predicted molar refractivity (Wildman–Crippen MR) is 181 cm³/mol. The van der Waals surface area contributed by atoms with Gasteiger partial charge in [-0.15, -0.1) is 0 Å². The Morgan fingerprint density at radius 1 is 0.571 bits per heavy atom. The molecule has 5 heteroatoms. The van der Waals surface area contributed by atoms with Crippen LogP contribution in [0.3, 0.4) is 0 Å². The van der Waals surface area contributed by atoms with Crippen LogP contribution in [0.4, 0.5) is 0 Å². The fourth-order valence-electron chi connectivity index (χ4n) is 4.80. The largest absolute Gasteiger partial charge is 0.394 e. The summed E-state index contributed by atoms with van der Waals surface area (Å²) in [6, 6.07) is -0.827. The fraction of sp³-hybridized carbons (Fsp3) is 0.757. The number of hydrogen-bond donors (Lipinski definition) is 4. The Hall–Kier alpha value is -1.69. The molecule has 0 spiro atoms. The van der Waals surface area contributed by atoms with E-state index in [9.17, 15) is 20.1 Å². The van der Waals surface area contributed by atoms with E-state index in [4.69, 9.17) is 0 Å². The van der Waals surface area contributed by atoms with Crippen LogP contribution < -0.4 is 5.32 Å². The maximum absolute atomic E-state index is 12.3. The van der Waals surface area contributed by atoms with Crippen molar-refractivity contribution in [3.63, 3.8) is 0 Å². The molecule has 4 N–H and O–H groups in total. The Balaban J connectivity index is 3.91. The summed E-state index contributed by atoms with van der Waals surface area (Å²) in [7, 11) is 0. The molecule has 3 unspecified atom stereocenters. The third kappa shape index (κ3) is 27.2. The minimum atomic E-state index is -1.13. The van der Waals surface area contributed by atoms with Crippen molar-refractivity contribution in [2.45, 2.75) is 173 Å². The monoisotopic (exact) mass is 590 g/mol. The molecule has 3 atom stereocenters. The first-order valence-electron chi connectivity index (χ1n) is 17.5. The van der Waals surface area contributed by atoms with Crippen molar-refractivity contribution in [1.29, 1.82) is 0 Å². The van der Waals surface area contributed by atoms with E-state index in [2.05, 4.69) is 55.6 Å². The van der Waals surface area contributed by atoms with Crippen molar-refractivity contribution in [2.24, 2.45) is 0 Å². The van der Waals surface area contributed by atoms with Gasteiger partial charge in [-0.05, 0) is 70.6 Å². The lowest BCUT2D eigenvalue weighted by Crippen LogP contribution is -2.48. The average molecular weight is 590 g/mol. The summed E-state index contributed by atoms with van der Waals surface area (Å²) >= 11 is 0. The van der Waals surface area contributed by atoms with Crippen LogP contribution in [0.25, 0.3) is 0 Å². The number of allylic oxidation sites excluding steroid dienone is 7. The van der Waals surface area contributed by atoms with Gasteiger partial charge in [-0.25, -0.2) is 0 Å². The van der Waals surface area contributed by atoms with Crippen LogP contribution in [0.15, 0.2) is 48.6 Å². The molecule has 1 amide bonds. The Labute approximate surface area is 259 Å². The molecule has 5 nitrogen and oxygen atoms in total. The van der Waals surface area contributed by atoms with Gasteiger partial charge >= 0.3 is 0 Å². The van der Waals surface area contributed by atoms with Crippen molar-refractivity contribution in [1.82, 2.24) is 5.32 Å². The second kappa shape index (κ2) is 32.2. The number of nitrogens with one attached hydrogen (secondary N) is 1. The zero-order valence-electron chi connectivity index (χ0n) is 27.4. The Bertz CT molecular complexity index is 700. The Morgan fingerprint density at radius 3 is 1.45 bits per heavy atom. The Kier molecular flexibility index (Phi) is 30.9. The second-order valence-corrected chi connectivity index (χ2v) is 11.7. The van der Waals surface area contributed by atoms with Crippen LogP contribution >= 0.6 is 0 Å². The molecule has 0 aromatic carbocycles. The van der Waals surface area contributed by atoms with Crippen LogP contribution in [0, 0.1) is 0 Å². The summed E-state index contributed by atoms with van der Waals surface area (Å²) in [4.78, 5) is 12.3. The minimum Gasteiger partial charge on any atom is -0.394 e. The first-order valence-corrected chi connectivity index (χ1v) is 17.5. The maximum atomic E-state index is 12.3. The van der Waals surface area contributed by atoms with Crippen molar-refractivity contribution >= 4 is 5.91 Å². The van der Waals surface area contributed by atoms with Gasteiger partial charge in [0, 0.05) is 0 Å². The normalized spacial score (nSPS) is 14.5. The summed E-state index contributed by atoms with van der Waals surface area (Å²) in [5.74, 6) is -0.538. The quantitative estimate of drug-likeness (QED) is 0.0497. The summed E-state index contributed by atoms with van der Waals surface area (Å²) in [5, 5.41) is 32.8. The number of aliphatic hydroxyl groups is 3. The van der Waals surface area contributed by atoms with Gasteiger partial charge in [0.1, 0.15) is 6.10 Å². The first-order chi connectivity index (χ1) is 20.6. The third-order valence-corrected chi connectivity index (χ3v) is 7.62. The van der Waals surface area contributed by atoms with Crippen LogP contribution in [-0.4, -0.2) is 46.1 Å². The van der Waals surface area contributed by atoms with E-state index in [1.165, 1.54) is 83.5 Å². The molecule has 0 saturated carbocycles. The van der Waals surface area contributed by atoms with Gasteiger partial charge in [0.15, 0.2) is 0 Å². The smallest absolute Gasteiger partial charge is 0.249 e. The third-order valence-electron chi connectivity index (χ3n) is 7.62. The number of carbonyl (C=O) groups excluding carboxylic acids is 1. The molecule has 0 heterocycles. The van der Waals surface area contributed by atoms with Gasteiger partial charge in [-0.2, -0.15) is 0 Å². The van der Waals surface area contributed by atoms with Gasteiger partial charge in [-0.1, -0.05) is 133 Å². The molecule has 0 radical (unpaired) electrons. The highest BCUT2D eigenvalue weighted by Gasteiger charge is 2.22. The van der Waals surface area contributed by atoms with E-state index in [-0.39, 0.29) is 6.61 Å². The van der Waals surface area contributed by atoms with Crippen molar-refractivity contribution < 1.29 is 20.1 Å². The number of aliphatic hydroxyl groups excluding tert-OH is 3. The zero-order valence-corrected chi connectivity index (χ0v) is 27.4. The maximum Gasteiger partial charge on any atom is 0.249 e. The Morgan fingerprint density at radius 2 is 0.976 bits per heavy atom. The van der Waals surface area contributed by atoms with Crippen LogP contribution in [0.2, 0.25) is 0 Å². The average Bonchev–Trinajstić information content (AvgIpc) is 2.99. The second-order valence-electron chi connectivity index (χ2n) is 11.7. The highest BCUT2D eigenvalue weighted by Crippen LogP contribution is 2.10. The molecule has 244 valence electrons. The first kappa shape index (κ1) is 40.3. The molecule has 0 saturated heterocycles. The predicted octanol–water partition coefficient (Wildman–Crippen LogP) is 9.03. The number of hydrogen-bond acceptors (Lipinski definition) is 4. The molecule has 0 aliphatic heterocycles. The van der Waals surface area contributed by atoms with E-state index in [0.29, 0.717) is 6.42 Å². The van der Waals surface area contributed by atoms with Crippen LogP contribution in [-0.2, 0) is 4.79 Å². The number of amides is 1. The summed E-state index contributed by atoms with van der Waals surface area (Å²) in [6.45, 7) is 4.10. The van der Waals surface area contributed by atoms with Gasteiger partial charge in [0.25, 0.3) is 0 Å². The number of carbonyl (C=O) groups is 1. The number of rotatable bonds is 30. The van der Waals surface area contributed by atoms with Crippen molar-refractivity contribution in [2.75, 3.05) is 6.61 Å². The standard InChI is InChI=1S/C37H67NO4/c1-3-5-7-9-11-13-15-17-18-19-20-22-23-25-27-29-31-35(40)34(33-39)38-37(42)36(41)32-30-28-26-24-21-16-14-12-10-8-6-4-2/h17-18,21-24,29,31,34-36,39-41H,3-16,19-20,25-28,30,32-33H2,1-2H3,(H,38,42)/b18-17+,23-22+,24-21-,31-29+.